The van der Waals surface area contributed by atoms with Crippen molar-refractivity contribution in [2.24, 2.45) is 0 Å². The molecule has 0 fully saturated rings. The van der Waals surface area contributed by atoms with Crippen molar-refractivity contribution >= 4 is 17.6 Å². The zero-order valence-electron chi connectivity index (χ0n) is 8.50. The number of carbonyl (C=O) groups excluding carboxylic acids is 1. The Balaban J connectivity index is 1.90. The summed E-state index contributed by atoms with van der Waals surface area (Å²) < 4.78 is 7.74. The number of rotatable bonds is 2. The van der Waals surface area contributed by atoms with Crippen LogP contribution in [0.1, 0.15) is 27.2 Å². The van der Waals surface area contributed by atoms with E-state index in [1.54, 1.807) is 17.7 Å². The molecule has 3 rings (SSSR count). The summed E-state index contributed by atoms with van der Waals surface area (Å²) >= 11 is 1.69. The highest BCUT2D eigenvalue weighted by Crippen LogP contribution is 2.29. The van der Waals surface area contributed by atoms with Crippen molar-refractivity contribution in [3.63, 3.8) is 0 Å². The van der Waals surface area contributed by atoms with Crippen molar-refractivity contribution in [3.8, 4) is 0 Å². The Morgan fingerprint density at radius 1 is 1.62 bits per heavy atom. The van der Waals surface area contributed by atoms with Gasteiger partial charge in [0.15, 0.2) is 6.29 Å². The molecule has 0 amide bonds. The van der Waals surface area contributed by atoms with Gasteiger partial charge in [0, 0.05) is 4.88 Å². The van der Waals surface area contributed by atoms with Crippen molar-refractivity contribution < 1.29 is 9.53 Å². The van der Waals surface area contributed by atoms with Crippen molar-refractivity contribution in [1.82, 2.24) is 9.55 Å². The maximum atomic E-state index is 10.7. The number of aldehydes is 1. The zero-order chi connectivity index (χ0) is 11.0. The second kappa shape index (κ2) is 3.84. The number of ether oxygens (including phenoxy) is 1. The Hall–Kier alpha value is -1.46. The summed E-state index contributed by atoms with van der Waals surface area (Å²) in [6, 6.07) is 4.08. The minimum Gasteiger partial charge on any atom is -0.365 e. The van der Waals surface area contributed by atoms with Crippen LogP contribution in [-0.4, -0.2) is 15.8 Å². The van der Waals surface area contributed by atoms with Gasteiger partial charge in [0.1, 0.15) is 11.8 Å². The van der Waals surface area contributed by atoms with E-state index in [2.05, 4.69) is 11.1 Å². The Bertz CT molecular complexity index is 504. The molecule has 2 aromatic rings. The maximum Gasteiger partial charge on any atom is 0.170 e. The van der Waals surface area contributed by atoms with E-state index in [1.165, 1.54) is 4.88 Å². The summed E-state index contributed by atoms with van der Waals surface area (Å²) in [5.74, 6) is 0. The Labute approximate surface area is 96.5 Å². The van der Waals surface area contributed by atoms with Gasteiger partial charge in [0.05, 0.1) is 25.2 Å². The summed E-state index contributed by atoms with van der Waals surface area (Å²) in [4.78, 5) is 16.0. The Kier molecular flexibility index (Phi) is 2.34. The van der Waals surface area contributed by atoms with E-state index in [9.17, 15) is 4.79 Å². The molecule has 0 bridgehead atoms. The van der Waals surface area contributed by atoms with Gasteiger partial charge in [-0.25, -0.2) is 4.98 Å². The van der Waals surface area contributed by atoms with Crippen molar-refractivity contribution in [2.45, 2.75) is 19.3 Å². The SMILES string of the molecule is O=Cc1ncn2c1COC(c1cccs1)C2. The van der Waals surface area contributed by atoms with Crippen LogP contribution in [0.4, 0.5) is 0 Å². The van der Waals surface area contributed by atoms with Crippen LogP contribution < -0.4 is 0 Å². The monoisotopic (exact) mass is 234 g/mol. The fourth-order valence-corrected chi connectivity index (χ4v) is 2.66. The summed E-state index contributed by atoms with van der Waals surface area (Å²) in [6.07, 6.45) is 2.57. The predicted octanol–water partition coefficient (Wildman–Crippen LogP) is 2.03. The van der Waals surface area contributed by atoms with Gasteiger partial charge < -0.3 is 9.30 Å². The number of imidazole rings is 1. The van der Waals surface area contributed by atoms with Gasteiger partial charge in [-0.15, -0.1) is 11.3 Å². The van der Waals surface area contributed by atoms with E-state index < -0.39 is 0 Å². The normalized spacial score (nSPS) is 19.4. The average molecular weight is 234 g/mol. The molecule has 16 heavy (non-hydrogen) atoms. The van der Waals surface area contributed by atoms with Crippen molar-refractivity contribution in [2.75, 3.05) is 0 Å². The minimum absolute atomic E-state index is 0.0844. The van der Waals surface area contributed by atoms with Gasteiger partial charge in [-0.05, 0) is 11.4 Å². The van der Waals surface area contributed by atoms with E-state index in [0.29, 0.717) is 12.3 Å². The first-order chi connectivity index (χ1) is 7.88. The van der Waals surface area contributed by atoms with Gasteiger partial charge in [-0.2, -0.15) is 0 Å². The molecule has 0 aliphatic carbocycles. The van der Waals surface area contributed by atoms with Gasteiger partial charge in [-0.1, -0.05) is 6.07 Å². The number of thiophene rings is 1. The van der Waals surface area contributed by atoms with Gasteiger partial charge in [0.25, 0.3) is 0 Å². The van der Waals surface area contributed by atoms with E-state index >= 15 is 0 Å². The average Bonchev–Trinajstić information content (AvgIpc) is 2.97. The van der Waals surface area contributed by atoms with Gasteiger partial charge in [0.2, 0.25) is 0 Å². The van der Waals surface area contributed by atoms with E-state index in [4.69, 9.17) is 4.74 Å². The fourth-order valence-electron chi connectivity index (χ4n) is 1.89. The smallest absolute Gasteiger partial charge is 0.170 e. The minimum atomic E-state index is 0.0844. The zero-order valence-corrected chi connectivity index (χ0v) is 9.31. The lowest BCUT2D eigenvalue weighted by molar-refractivity contribution is 0.00495. The number of nitrogens with zero attached hydrogens (tertiary/aromatic N) is 2. The number of carbonyl (C=O) groups is 1. The third-order valence-electron chi connectivity index (χ3n) is 2.73. The van der Waals surface area contributed by atoms with Gasteiger partial charge in [-0.3, -0.25) is 4.79 Å². The predicted molar refractivity (Wildman–Crippen MR) is 59.5 cm³/mol. The van der Waals surface area contributed by atoms with Crippen LogP contribution >= 0.6 is 11.3 Å². The first kappa shape index (κ1) is 9.74. The number of aromatic nitrogens is 2. The molecule has 4 nitrogen and oxygen atoms in total. The van der Waals surface area contributed by atoms with E-state index in [-0.39, 0.29) is 6.10 Å². The Morgan fingerprint density at radius 2 is 2.56 bits per heavy atom. The quantitative estimate of drug-likeness (QED) is 0.747. The van der Waals surface area contributed by atoms with E-state index in [1.807, 2.05) is 16.0 Å². The lowest BCUT2D eigenvalue weighted by atomic mass is 10.2. The van der Waals surface area contributed by atoms with Crippen LogP contribution in [0.15, 0.2) is 23.8 Å². The summed E-state index contributed by atoms with van der Waals surface area (Å²) in [5, 5.41) is 2.04. The second-order valence-electron chi connectivity index (χ2n) is 3.66. The molecule has 0 spiro atoms. The number of hydrogen-bond acceptors (Lipinski definition) is 4. The molecule has 5 heteroatoms. The topological polar surface area (TPSA) is 44.1 Å². The molecular weight excluding hydrogens is 224 g/mol. The number of fused-ring (bicyclic) bond motifs is 1. The molecule has 1 atom stereocenters. The fraction of sp³-hybridized carbons (Fsp3) is 0.273. The Morgan fingerprint density at radius 3 is 3.31 bits per heavy atom. The summed E-state index contributed by atoms with van der Waals surface area (Å²) in [5.41, 5.74) is 1.37. The van der Waals surface area contributed by atoms with Crippen LogP contribution in [0.2, 0.25) is 0 Å². The van der Waals surface area contributed by atoms with Crippen molar-refractivity contribution in [1.29, 1.82) is 0 Å². The summed E-state index contributed by atoms with van der Waals surface area (Å²) in [6.45, 7) is 1.19. The molecule has 1 unspecified atom stereocenters. The van der Waals surface area contributed by atoms with Crippen LogP contribution in [0, 0.1) is 0 Å². The lowest BCUT2D eigenvalue weighted by Crippen LogP contribution is -2.20. The molecule has 0 N–H and O–H groups in total. The van der Waals surface area contributed by atoms with Crippen LogP contribution in [0.25, 0.3) is 0 Å². The molecule has 0 saturated carbocycles. The molecule has 1 aliphatic rings. The third-order valence-corrected chi connectivity index (χ3v) is 3.70. The number of hydrogen-bond donors (Lipinski definition) is 0. The molecule has 0 saturated heterocycles. The lowest BCUT2D eigenvalue weighted by Gasteiger charge is -2.24. The molecule has 0 radical (unpaired) electrons. The van der Waals surface area contributed by atoms with E-state index in [0.717, 1.165) is 18.5 Å². The molecular formula is C11H10N2O2S. The van der Waals surface area contributed by atoms with Crippen LogP contribution in [0.5, 0.6) is 0 Å². The third kappa shape index (κ3) is 1.48. The maximum absolute atomic E-state index is 10.7. The van der Waals surface area contributed by atoms with Crippen LogP contribution in [0.3, 0.4) is 0 Å². The molecule has 82 valence electrons. The molecule has 2 aromatic heterocycles. The second-order valence-corrected chi connectivity index (χ2v) is 4.64. The highest BCUT2D eigenvalue weighted by Gasteiger charge is 2.23. The van der Waals surface area contributed by atoms with Gasteiger partial charge >= 0.3 is 0 Å². The molecule has 3 heterocycles. The van der Waals surface area contributed by atoms with Crippen molar-refractivity contribution in [3.05, 3.63) is 40.1 Å². The van der Waals surface area contributed by atoms with Crippen LogP contribution in [-0.2, 0) is 17.9 Å². The highest BCUT2D eigenvalue weighted by molar-refractivity contribution is 7.10. The standard InChI is InChI=1S/C11H10N2O2S/c14-5-8-9-6-15-10(4-13(9)7-12-8)11-2-1-3-16-11/h1-3,5,7,10H,4,6H2. The first-order valence-electron chi connectivity index (χ1n) is 5.02. The molecule has 1 aliphatic heterocycles. The summed E-state index contributed by atoms with van der Waals surface area (Å²) in [7, 11) is 0. The largest absolute Gasteiger partial charge is 0.365 e. The molecule has 0 aromatic carbocycles. The first-order valence-corrected chi connectivity index (χ1v) is 5.90. The highest BCUT2D eigenvalue weighted by atomic mass is 32.1.